The van der Waals surface area contributed by atoms with Crippen LogP contribution in [0.5, 0.6) is 5.75 Å². The molecule has 0 aromatic heterocycles. The Hall–Kier alpha value is -1.02. The van der Waals surface area contributed by atoms with Gasteiger partial charge < -0.3 is 10.4 Å². The monoisotopic (exact) mass is 235 g/mol. The molecular formula is C15H25NO. The van der Waals surface area contributed by atoms with E-state index >= 15 is 0 Å². The largest absolute Gasteiger partial charge is 0.508 e. The van der Waals surface area contributed by atoms with Crippen LogP contribution in [0.4, 0.5) is 0 Å². The van der Waals surface area contributed by atoms with Crippen molar-refractivity contribution in [2.45, 2.75) is 41.2 Å². The van der Waals surface area contributed by atoms with Crippen molar-refractivity contribution in [3.05, 3.63) is 29.3 Å². The van der Waals surface area contributed by atoms with Crippen LogP contribution in [0, 0.1) is 18.3 Å². The van der Waals surface area contributed by atoms with E-state index in [4.69, 9.17) is 0 Å². The number of phenolic OH excluding ortho intramolecular Hbond substituents is 1. The molecular weight excluding hydrogens is 210 g/mol. The molecule has 96 valence electrons. The van der Waals surface area contributed by atoms with Crippen LogP contribution in [-0.4, -0.2) is 11.7 Å². The van der Waals surface area contributed by atoms with E-state index in [1.54, 1.807) is 6.07 Å². The molecule has 17 heavy (non-hydrogen) atoms. The summed E-state index contributed by atoms with van der Waals surface area (Å²) in [5.41, 5.74) is 2.48. The zero-order valence-corrected chi connectivity index (χ0v) is 11.7. The predicted molar refractivity (Wildman–Crippen MR) is 73.2 cm³/mol. The van der Waals surface area contributed by atoms with Gasteiger partial charge in [0.25, 0.3) is 0 Å². The number of hydrogen-bond donors (Lipinski definition) is 2. The SMILES string of the molecule is Cc1ccc(O)c(CNCC(C)C(C)(C)C)c1. The van der Waals surface area contributed by atoms with E-state index in [0.717, 1.165) is 18.7 Å². The second-order valence-corrected chi connectivity index (χ2v) is 6.03. The summed E-state index contributed by atoms with van der Waals surface area (Å²) in [4.78, 5) is 0. The molecule has 0 aliphatic rings. The summed E-state index contributed by atoms with van der Waals surface area (Å²) in [6.45, 7) is 12.8. The Kier molecular flexibility index (Phi) is 4.58. The molecule has 1 unspecified atom stereocenters. The van der Waals surface area contributed by atoms with Crippen molar-refractivity contribution < 1.29 is 5.11 Å². The minimum absolute atomic E-state index is 0.321. The Morgan fingerprint density at radius 1 is 1.29 bits per heavy atom. The van der Waals surface area contributed by atoms with Crippen molar-refractivity contribution in [3.8, 4) is 5.75 Å². The van der Waals surface area contributed by atoms with E-state index in [-0.39, 0.29) is 0 Å². The molecule has 1 atom stereocenters. The van der Waals surface area contributed by atoms with Gasteiger partial charge in [0, 0.05) is 12.1 Å². The van der Waals surface area contributed by atoms with Crippen molar-refractivity contribution in [3.63, 3.8) is 0 Å². The van der Waals surface area contributed by atoms with Crippen LogP contribution in [0.1, 0.15) is 38.8 Å². The lowest BCUT2D eigenvalue weighted by Gasteiger charge is -2.27. The zero-order chi connectivity index (χ0) is 13.1. The molecule has 1 aromatic carbocycles. The maximum absolute atomic E-state index is 9.72. The smallest absolute Gasteiger partial charge is 0.120 e. The highest BCUT2D eigenvalue weighted by molar-refractivity contribution is 5.35. The first-order valence-corrected chi connectivity index (χ1v) is 6.30. The molecule has 0 heterocycles. The van der Waals surface area contributed by atoms with Crippen molar-refractivity contribution >= 4 is 0 Å². The highest BCUT2D eigenvalue weighted by Gasteiger charge is 2.19. The molecule has 0 radical (unpaired) electrons. The van der Waals surface area contributed by atoms with Gasteiger partial charge >= 0.3 is 0 Å². The molecule has 2 nitrogen and oxygen atoms in total. The van der Waals surface area contributed by atoms with Crippen molar-refractivity contribution in [2.24, 2.45) is 11.3 Å². The van der Waals surface area contributed by atoms with Crippen LogP contribution >= 0.6 is 0 Å². The number of aryl methyl sites for hydroxylation is 1. The predicted octanol–water partition coefficient (Wildman–Crippen LogP) is 3.47. The molecule has 2 heteroatoms. The number of benzene rings is 1. The van der Waals surface area contributed by atoms with Crippen LogP contribution < -0.4 is 5.32 Å². The van der Waals surface area contributed by atoms with E-state index < -0.39 is 0 Å². The number of phenols is 1. The minimum Gasteiger partial charge on any atom is -0.508 e. The van der Waals surface area contributed by atoms with Gasteiger partial charge in [-0.15, -0.1) is 0 Å². The van der Waals surface area contributed by atoms with Gasteiger partial charge in [-0.05, 0) is 30.9 Å². The highest BCUT2D eigenvalue weighted by atomic mass is 16.3. The molecule has 0 saturated carbocycles. The molecule has 0 aliphatic carbocycles. The van der Waals surface area contributed by atoms with E-state index in [1.165, 1.54) is 5.56 Å². The number of nitrogens with one attached hydrogen (secondary N) is 1. The summed E-state index contributed by atoms with van der Waals surface area (Å²) in [7, 11) is 0. The molecule has 0 saturated heterocycles. The number of rotatable bonds is 4. The Morgan fingerprint density at radius 3 is 2.53 bits per heavy atom. The second kappa shape index (κ2) is 5.54. The molecule has 1 rings (SSSR count). The Morgan fingerprint density at radius 2 is 1.94 bits per heavy atom. The summed E-state index contributed by atoms with van der Waals surface area (Å²) >= 11 is 0. The fraction of sp³-hybridized carbons (Fsp3) is 0.600. The Bertz CT molecular complexity index is 366. The maximum Gasteiger partial charge on any atom is 0.120 e. The molecule has 0 spiro atoms. The molecule has 0 bridgehead atoms. The van der Waals surface area contributed by atoms with E-state index in [0.29, 0.717) is 17.1 Å². The third-order valence-electron chi connectivity index (χ3n) is 3.48. The average Bonchev–Trinajstić information content (AvgIpc) is 2.21. The molecule has 0 aliphatic heterocycles. The summed E-state index contributed by atoms with van der Waals surface area (Å²) in [5.74, 6) is 0.987. The lowest BCUT2D eigenvalue weighted by atomic mass is 9.82. The number of hydrogen-bond acceptors (Lipinski definition) is 2. The summed E-state index contributed by atoms with van der Waals surface area (Å²) in [5, 5.41) is 13.1. The summed E-state index contributed by atoms with van der Waals surface area (Å²) < 4.78 is 0. The highest BCUT2D eigenvalue weighted by Crippen LogP contribution is 2.24. The van der Waals surface area contributed by atoms with Crippen molar-refractivity contribution in [1.29, 1.82) is 0 Å². The fourth-order valence-corrected chi connectivity index (χ4v) is 1.59. The molecule has 2 N–H and O–H groups in total. The zero-order valence-electron chi connectivity index (χ0n) is 11.7. The van der Waals surface area contributed by atoms with Crippen LogP contribution in [0.2, 0.25) is 0 Å². The average molecular weight is 235 g/mol. The van der Waals surface area contributed by atoms with E-state index in [2.05, 4.69) is 33.0 Å². The van der Waals surface area contributed by atoms with Crippen molar-refractivity contribution in [1.82, 2.24) is 5.32 Å². The molecule has 0 fully saturated rings. The molecule has 1 aromatic rings. The second-order valence-electron chi connectivity index (χ2n) is 6.03. The quantitative estimate of drug-likeness (QED) is 0.837. The standard InChI is InChI=1S/C15H25NO/c1-11-6-7-14(17)13(8-11)10-16-9-12(2)15(3,4)5/h6-8,12,16-17H,9-10H2,1-5H3. The van der Waals surface area contributed by atoms with Gasteiger partial charge in [0.05, 0.1) is 0 Å². The third kappa shape index (κ3) is 4.39. The summed E-state index contributed by atoms with van der Waals surface area (Å²) in [6.07, 6.45) is 0. The lowest BCUT2D eigenvalue weighted by Crippen LogP contribution is -2.29. The minimum atomic E-state index is 0.321. The van der Waals surface area contributed by atoms with Gasteiger partial charge in [0.2, 0.25) is 0 Å². The topological polar surface area (TPSA) is 32.3 Å². The van der Waals surface area contributed by atoms with Crippen LogP contribution in [0.25, 0.3) is 0 Å². The van der Waals surface area contributed by atoms with Gasteiger partial charge in [-0.2, -0.15) is 0 Å². The van der Waals surface area contributed by atoms with Gasteiger partial charge in [0.1, 0.15) is 5.75 Å². The lowest BCUT2D eigenvalue weighted by molar-refractivity contribution is 0.252. The number of aromatic hydroxyl groups is 1. The summed E-state index contributed by atoms with van der Waals surface area (Å²) in [6, 6.07) is 5.72. The first-order chi connectivity index (χ1) is 7.80. The van der Waals surface area contributed by atoms with Gasteiger partial charge in [0.15, 0.2) is 0 Å². The Labute approximate surface area is 105 Å². The fourth-order valence-electron chi connectivity index (χ4n) is 1.59. The van der Waals surface area contributed by atoms with Crippen LogP contribution in [-0.2, 0) is 6.54 Å². The van der Waals surface area contributed by atoms with Crippen LogP contribution in [0.15, 0.2) is 18.2 Å². The van der Waals surface area contributed by atoms with Crippen molar-refractivity contribution in [2.75, 3.05) is 6.54 Å². The first-order valence-electron chi connectivity index (χ1n) is 6.30. The molecule has 0 amide bonds. The van der Waals surface area contributed by atoms with Crippen LogP contribution in [0.3, 0.4) is 0 Å². The van der Waals surface area contributed by atoms with Gasteiger partial charge in [-0.1, -0.05) is 45.4 Å². The van der Waals surface area contributed by atoms with E-state index in [9.17, 15) is 5.11 Å². The normalized spacial score (nSPS) is 13.7. The first kappa shape index (κ1) is 14.0. The van der Waals surface area contributed by atoms with Gasteiger partial charge in [-0.3, -0.25) is 0 Å². The third-order valence-corrected chi connectivity index (χ3v) is 3.48. The van der Waals surface area contributed by atoms with E-state index in [1.807, 2.05) is 19.1 Å². The maximum atomic E-state index is 9.72. The Balaban J connectivity index is 2.49. The van der Waals surface area contributed by atoms with Gasteiger partial charge in [-0.25, -0.2) is 0 Å².